The number of rotatable bonds is 3. The Balaban J connectivity index is 1.56. The highest BCUT2D eigenvalue weighted by molar-refractivity contribution is 6.31. The third-order valence-electron chi connectivity index (χ3n) is 9.34. The summed E-state index contributed by atoms with van der Waals surface area (Å²) in [5.41, 5.74) is -0.562. The molecule has 3 fully saturated rings. The van der Waals surface area contributed by atoms with Gasteiger partial charge in [0.25, 0.3) is 0 Å². The van der Waals surface area contributed by atoms with Crippen LogP contribution in [0.5, 0.6) is 11.5 Å². The molecule has 5 amide bonds. The molecule has 2 aliphatic heterocycles. The number of allylic oxidation sites excluding steroid dienone is 2. The standard InChI is InChI=1S/C30H26ClFN2O8/c1-30-17(26(37)33(28(30)39)13-7-10-19(32)18(31)11-13)12-16-14(24(30)23-20(35)5-4-6-21(23)41-2)8-9-15-22(16)27(38)34(25(15)36)29(40)42-3/h4-8,10-11,15-17,22,24,35H,9,12H2,1-3H3. The first-order chi connectivity index (χ1) is 20.0. The van der Waals surface area contributed by atoms with Crippen molar-refractivity contribution in [1.29, 1.82) is 0 Å². The maximum Gasteiger partial charge on any atom is 0.423 e. The number of carbonyl (C=O) groups excluding carboxylic acids is 5. The molecule has 2 heterocycles. The number of hydrogen-bond acceptors (Lipinski definition) is 8. The van der Waals surface area contributed by atoms with Gasteiger partial charge in [-0.25, -0.2) is 14.1 Å². The van der Waals surface area contributed by atoms with Crippen LogP contribution in [0.3, 0.4) is 0 Å². The van der Waals surface area contributed by atoms with E-state index in [2.05, 4.69) is 4.74 Å². The Morgan fingerprint density at radius 3 is 2.48 bits per heavy atom. The molecule has 2 aromatic carbocycles. The number of halogens is 2. The Morgan fingerprint density at radius 1 is 1.07 bits per heavy atom. The number of phenols is 1. The normalized spacial score (nSPS) is 30.1. The Bertz CT molecular complexity index is 1620. The SMILES string of the molecule is COC(=O)N1C(=O)C2CC=C3C(CC4C(=O)N(c5ccc(F)c(Cl)c5)C(=O)C4(C)C3c3c(O)cccc3OC)C2C1=O. The van der Waals surface area contributed by atoms with E-state index < -0.39 is 70.5 Å². The van der Waals surface area contributed by atoms with Crippen molar-refractivity contribution in [3.8, 4) is 11.5 Å². The number of phenolic OH excluding ortho intramolecular Hbond substituents is 1. The van der Waals surface area contributed by atoms with Crippen LogP contribution in [-0.4, -0.2) is 53.9 Å². The second kappa shape index (κ2) is 9.65. The number of methoxy groups -OCH3 is 2. The van der Waals surface area contributed by atoms with Crippen LogP contribution in [0, 0.1) is 34.9 Å². The molecule has 1 N–H and O–H groups in total. The summed E-state index contributed by atoms with van der Waals surface area (Å²) in [5.74, 6) is -7.80. The van der Waals surface area contributed by atoms with Crippen molar-refractivity contribution in [3.05, 3.63) is 64.5 Å². The van der Waals surface area contributed by atoms with Gasteiger partial charge in [-0.2, -0.15) is 4.90 Å². The summed E-state index contributed by atoms with van der Waals surface area (Å²) in [4.78, 5) is 69.1. The van der Waals surface area contributed by atoms with Crippen LogP contribution in [0.1, 0.15) is 31.2 Å². The molecule has 42 heavy (non-hydrogen) atoms. The topological polar surface area (TPSA) is 131 Å². The smallest absolute Gasteiger partial charge is 0.423 e. The number of nitrogens with zero attached hydrogens (tertiary/aromatic N) is 2. The van der Waals surface area contributed by atoms with Crippen LogP contribution in [0.25, 0.3) is 0 Å². The second-order valence-corrected chi connectivity index (χ2v) is 11.5. The van der Waals surface area contributed by atoms with Gasteiger partial charge in [0.2, 0.25) is 23.6 Å². The lowest BCUT2D eigenvalue weighted by Gasteiger charge is -2.49. The van der Waals surface area contributed by atoms with Crippen molar-refractivity contribution in [2.24, 2.45) is 29.1 Å². The van der Waals surface area contributed by atoms with Crippen molar-refractivity contribution in [3.63, 3.8) is 0 Å². The van der Waals surface area contributed by atoms with E-state index in [4.69, 9.17) is 16.3 Å². The zero-order valence-corrected chi connectivity index (χ0v) is 23.6. The number of imide groups is 4. The molecule has 10 nitrogen and oxygen atoms in total. The van der Waals surface area contributed by atoms with E-state index in [-0.39, 0.29) is 40.6 Å². The molecule has 2 aliphatic carbocycles. The predicted molar refractivity (Wildman–Crippen MR) is 145 cm³/mol. The lowest BCUT2D eigenvalue weighted by molar-refractivity contribution is -0.138. The van der Waals surface area contributed by atoms with Crippen LogP contribution in [-0.2, 0) is 23.9 Å². The Hall–Kier alpha value is -4.25. The molecule has 6 rings (SSSR count). The zero-order chi connectivity index (χ0) is 30.2. The summed E-state index contributed by atoms with van der Waals surface area (Å²) in [6.45, 7) is 1.63. The van der Waals surface area contributed by atoms with Crippen molar-refractivity contribution >= 4 is 47.0 Å². The number of aromatic hydroxyl groups is 1. The fourth-order valence-corrected chi connectivity index (χ4v) is 7.64. The highest BCUT2D eigenvalue weighted by Gasteiger charge is 2.68. The number of benzene rings is 2. The molecular weight excluding hydrogens is 571 g/mol. The van der Waals surface area contributed by atoms with Crippen molar-refractivity contribution in [1.82, 2.24) is 4.90 Å². The van der Waals surface area contributed by atoms with Gasteiger partial charge in [0.15, 0.2) is 0 Å². The number of hydrogen-bond donors (Lipinski definition) is 1. The number of anilines is 1. The van der Waals surface area contributed by atoms with Crippen LogP contribution in [0.2, 0.25) is 5.02 Å². The Labute approximate surface area is 244 Å². The quantitative estimate of drug-likeness (QED) is 0.412. The van der Waals surface area contributed by atoms with E-state index in [1.54, 1.807) is 25.1 Å². The number of fused-ring (bicyclic) bond motifs is 4. The summed E-state index contributed by atoms with van der Waals surface area (Å²) in [6, 6.07) is 8.16. The highest BCUT2D eigenvalue weighted by Crippen LogP contribution is 2.65. The van der Waals surface area contributed by atoms with Gasteiger partial charge in [-0.15, -0.1) is 0 Å². The number of amides is 5. The Kier molecular flexibility index (Phi) is 6.41. The van der Waals surface area contributed by atoms with Crippen LogP contribution >= 0.6 is 11.6 Å². The summed E-state index contributed by atoms with van der Waals surface area (Å²) in [7, 11) is 2.48. The highest BCUT2D eigenvalue weighted by atomic mass is 35.5. The van der Waals surface area contributed by atoms with Crippen LogP contribution in [0.15, 0.2) is 48.0 Å². The lowest BCUT2D eigenvalue weighted by Crippen LogP contribution is -2.49. The molecule has 2 aromatic rings. The first-order valence-corrected chi connectivity index (χ1v) is 13.7. The van der Waals surface area contributed by atoms with Gasteiger partial charge in [-0.3, -0.25) is 19.2 Å². The molecule has 0 spiro atoms. The minimum absolute atomic E-state index is 0.0138. The van der Waals surface area contributed by atoms with Crippen molar-refractivity contribution in [2.45, 2.75) is 25.7 Å². The van der Waals surface area contributed by atoms with Crippen LogP contribution < -0.4 is 9.64 Å². The number of ether oxygens (including phenoxy) is 2. The summed E-state index contributed by atoms with van der Waals surface area (Å²) < 4.78 is 24.3. The molecule has 2 saturated heterocycles. The van der Waals surface area contributed by atoms with Gasteiger partial charge < -0.3 is 14.6 Å². The third-order valence-corrected chi connectivity index (χ3v) is 9.63. The van der Waals surface area contributed by atoms with E-state index in [0.717, 1.165) is 18.1 Å². The molecule has 0 aromatic heterocycles. The fourth-order valence-electron chi connectivity index (χ4n) is 7.47. The molecule has 6 atom stereocenters. The summed E-state index contributed by atoms with van der Waals surface area (Å²) >= 11 is 6.01. The van der Waals surface area contributed by atoms with E-state index in [0.29, 0.717) is 10.5 Å². The van der Waals surface area contributed by atoms with E-state index in [1.165, 1.54) is 25.3 Å². The van der Waals surface area contributed by atoms with E-state index in [9.17, 15) is 33.5 Å². The molecule has 4 aliphatic rings. The van der Waals surface area contributed by atoms with Crippen LogP contribution in [0.4, 0.5) is 14.9 Å². The molecule has 0 radical (unpaired) electrons. The van der Waals surface area contributed by atoms with Gasteiger partial charge in [-0.1, -0.05) is 29.3 Å². The van der Waals surface area contributed by atoms with Gasteiger partial charge in [-0.05, 0) is 56.0 Å². The first-order valence-electron chi connectivity index (χ1n) is 13.3. The monoisotopic (exact) mass is 596 g/mol. The average Bonchev–Trinajstić information content (AvgIpc) is 3.34. The van der Waals surface area contributed by atoms with Gasteiger partial charge in [0.1, 0.15) is 17.3 Å². The molecule has 1 saturated carbocycles. The summed E-state index contributed by atoms with van der Waals surface area (Å²) in [5, 5.41) is 10.9. The largest absolute Gasteiger partial charge is 0.508 e. The minimum atomic E-state index is -1.48. The molecular formula is C30H26ClFN2O8. The number of carbonyl (C=O) groups is 5. The fraction of sp³-hybridized carbons (Fsp3) is 0.367. The molecule has 6 unspecified atom stereocenters. The average molecular weight is 597 g/mol. The zero-order valence-electron chi connectivity index (χ0n) is 22.8. The maximum absolute atomic E-state index is 14.4. The number of likely N-dealkylation sites (tertiary alicyclic amines) is 1. The van der Waals surface area contributed by atoms with Crippen molar-refractivity contribution in [2.75, 3.05) is 19.1 Å². The van der Waals surface area contributed by atoms with Gasteiger partial charge >= 0.3 is 6.09 Å². The minimum Gasteiger partial charge on any atom is -0.508 e. The lowest BCUT2D eigenvalue weighted by atomic mass is 9.51. The first kappa shape index (κ1) is 27.9. The molecule has 12 heteroatoms. The van der Waals surface area contributed by atoms with Gasteiger partial charge in [0, 0.05) is 11.5 Å². The van der Waals surface area contributed by atoms with Crippen molar-refractivity contribution < 1.29 is 42.9 Å². The predicted octanol–water partition coefficient (Wildman–Crippen LogP) is 4.19. The molecule has 218 valence electrons. The summed E-state index contributed by atoms with van der Waals surface area (Å²) in [6.07, 6.45) is 0.790. The second-order valence-electron chi connectivity index (χ2n) is 11.1. The Morgan fingerprint density at radius 2 is 1.81 bits per heavy atom. The van der Waals surface area contributed by atoms with Gasteiger partial charge in [0.05, 0.1) is 48.1 Å². The van der Waals surface area contributed by atoms with E-state index >= 15 is 0 Å². The molecule has 0 bridgehead atoms. The maximum atomic E-state index is 14.4. The third kappa shape index (κ3) is 3.58. The van der Waals surface area contributed by atoms with E-state index in [1.807, 2.05) is 0 Å².